The summed E-state index contributed by atoms with van der Waals surface area (Å²) in [6.45, 7) is 4.30. The third-order valence-corrected chi connectivity index (χ3v) is 3.56. The topological polar surface area (TPSA) is 98.6 Å². The fraction of sp³-hybridized carbons (Fsp3) is 0.316. The first-order valence-corrected chi connectivity index (χ1v) is 8.69. The van der Waals surface area contributed by atoms with E-state index >= 15 is 0 Å². The number of aromatic nitrogens is 1. The smallest absolute Gasteiger partial charge is 0.255 e. The van der Waals surface area contributed by atoms with Crippen LogP contribution in [-0.2, 0) is 6.42 Å². The standard InChI is InChI=1S/C19H25N5O2/c1-2-20-19(23-12-10-15-7-5-6-11-21-15)24-14-13-22-18(26)16-8-3-4-9-17(16)25/h3-9,11,25H,2,10,12-14H2,1H3,(H,22,26)(H2,20,23,24). The zero-order valence-corrected chi connectivity index (χ0v) is 14.9. The molecule has 0 radical (unpaired) electrons. The van der Waals surface area contributed by atoms with Crippen molar-refractivity contribution in [2.45, 2.75) is 13.3 Å². The summed E-state index contributed by atoms with van der Waals surface area (Å²) >= 11 is 0. The van der Waals surface area contributed by atoms with E-state index < -0.39 is 0 Å². The summed E-state index contributed by atoms with van der Waals surface area (Å²) in [5.41, 5.74) is 1.27. The third kappa shape index (κ3) is 6.43. The molecule has 0 aliphatic carbocycles. The summed E-state index contributed by atoms with van der Waals surface area (Å²) < 4.78 is 0. The van der Waals surface area contributed by atoms with Crippen LogP contribution in [0.1, 0.15) is 23.0 Å². The molecule has 1 aromatic carbocycles. The molecule has 0 saturated carbocycles. The number of hydrogen-bond donors (Lipinski definition) is 4. The van der Waals surface area contributed by atoms with E-state index in [1.807, 2.05) is 25.1 Å². The summed E-state index contributed by atoms with van der Waals surface area (Å²) in [5.74, 6) is 0.365. The maximum Gasteiger partial charge on any atom is 0.255 e. The molecule has 0 aliphatic heterocycles. The molecule has 1 aromatic heterocycles. The molecule has 0 bridgehead atoms. The third-order valence-electron chi connectivity index (χ3n) is 3.56. The Hall–Kier alpha value is -3.09. The van der Waals surface area contributed by atoms with Crippen LogP contribution in [0, 0.1) is 0 Å². The van der Waals surface area contributed by atoms with Gasteiger partial charge in [0.15, 0.2) is 5.96 Å². The minimum atomic E-state index is -0.304. The predicted molar refractivity (Wildman–Crippen MR) is 102 cm³/mol. The number of rotatable bonds is 8. The van der Waals surface area contributed by atoms with E-state index in [1.165, 1.54) is 6.07 Å². The van der Waals surface area contributed by atoms with E-state index in [0.717, 1.165) is 18.7 Å². The molecule has 0 saturated heterocycles. The van der Waals surface area contributed by atoms with Gasteiger partial charge in [0.25, 0.3) is 5.91 Å². The molecule has 2 rings (SSSR count). The van der Waals surface area contributed by atoms with E-state index in [-0.39, 0.29) is 17.2 Å². The van der Waals surface area contributed by atoms with Gasteiger partial charge in [0, 0.05) is 44.5 Å². The highest BCUT2D eigenvalue weighted by molar-refractivity contribution is 5.96. The van der Waals surface area contributed by atoms with Gasteiger partial charge in [-0.05, 0) is 31.2 Å². The van der Waals surface area contributed by atoms with Crippen molar-refractivity contribution in [3.8, 4) is 5.75 Å². The Morgan fingerprint density at radius 2 is 1.85 bits per heavy atom. The number of nitrogens with zero attached hydrogens (tertiary/aromatic N) is 2. The number of para-hydroxylation sites is 1. The molecule has 138 valence electrons. The lowest BCUT2D eigenvalue weighted by Gasteiger charge is -2.12. The zero-order chi connectivity index (χ0) is 18.6. The monoisotopic (exact) mass is 355 g/mol. The summed E-state index contributed by atoms with van der Waals surface area (Å²) in [6.07, 6.45) is 2.54. The second-order valence-corrected chi connectivity index (χ2v) is 5.53. The van der Waals surface area contributed by atoms with Crippen LogP contribution < -0.4 is 16.0 Å². The van der Waals surface area contributed by atoms with Crippen molar-refractivity contribution >= 4 is 11.9 Å². The minimum absolute atomic E-state index is 0.0256. The Morgan fingerprint density at radius 1 is 1.08 bits per heavy atom. The molecule has 0 unspecified atom stereocenters. The van der Waals surface area contributed by atoms with Crippen molar-refractivity contribution in [2.75, 3.05) is 26.2 Å². The molecular formula is C19H25N5O2. The normalized spacial score (nSPS) is 11.0. The first-order chi connectivity index (χ1) is 12.7. The van der Waals surface area contributed by atoms with Crippen molar-refractivity contribution in [1.82, 2.24) is 20.9 Å². The lowest BCUT2D eigenvalue weighted by atomic mass is 10.2. The average molecular weight is 355 g/mol. The predicted octanol–water partition coefficient (Wildman–Crippen LogP) is 1.31. The fourth-order valence-corrected chi connectivity index (χ4v) is 2.29. The largest absolute Gasteiger partial charge is 0.507 e. The molecule has 2 aromatic rings. The lowest BCUT2D eigenvalue weighted by molar-refractivity contribution is 0.0951. The summed E-state index contributed by atoms with van der Waals surface area (Å²) in [5, 5.41) is 18.8. The van der Waals surface area contributed by atoms with Crippen LogP contribution in [0.4, 0.5) is 0 Å². The fourth-order valence-electron chi connectivity index (χ4n) is 2.29. The molecular weight excluding hydrogens is 330 g/mol. The number of aliphatic imine (C=N–C) groups is 1. The van der Waals surface area contributed by atoms with Crippen LogP contribution in [0.25, 0.3) is 0 Å². The average Bonchev–Trinajstić information content (AvgIpc) is 2.66. The van der Waals surface area contributed by atoms with Crippen molar-refractivity contribution < 1.29 is 9.90 Å². The first kappa shape index (κ1) is 19.2. The molecule has 1 heterocycles. The number of phenols is 1. The number of hydrogen-bond acceptors (Lipinski definition) is 4. The quantitative estimate of drug-likeness (QED) is 0.325. The molecule has 7 nitrogen and oxygen atoms in total. The second-order valence-electron chi connectivity index (χ2n) is 5.53. The lowest BCUT2D eigenvalue weighted by Crippen LogP contribution is -2.41. The van der Waals surface area contributed by atoms with Gasteiger partial charge in [0.05, 0.1) is 5.56 Å². The number of aromatic hydroxyl groups is 1. The number of nitrogens with one attached hydrogen (secondary N) is 3. The van der Waals surface area contributed by atoms with Gasteiger partial charge in [-0.15, -0.1) is 0 Å². The SMILES string of the molecule is CCNC(=NCCc1ccccn1)NCCNC(=O)c1ccccc1O. The van der Waals surface area contributed by atoms with Crippen molar-refractivity contribution in [3.05, 3.63) is 59.9 Å². The number of carbonyl (C=O) groups is 1. The number of benzene rings is 1. The first-order valence-electron chi connectivity index (χ1n) is 8.69. The Labute approximate surface area is 153 Å². The Morgan fingerprint density at radius 3 is 2.58 bits per heavy atom. The van der Waals surface area contributed by atoms with Crippen LogP contribution >= 0.6 is 0 Å². The highest BCUT2D eigenvalue weighted by Gasteiger charge is 2.09. The van der Waals surface area contributed by atoms with Crippen LogP contribution in [0.15, 0.2) is 53.7 Å². The molecule has 0 aliphatic rings. The van der Waals surface area contributed by atoms with Gasteiger partial charge in [-0.1, -0.05) is 18.2 Å². The number of phenolic OH excluding ortho intramolecular Hbond substituents is 1. The van der Waals surface area contributed by atoms with Crippen molar-refractivity contribution in [2.24, 2.45) is 4.99 Å². The van der Waals surface area contributed by atoms with E-state index in [0.29, 0.717) is 25.6 Å². The number of guanidine groups is 1. The van der Waals surface area contributed by atoms with Crippen molar-refractivity contribution in [1.29, 1.82) is 0 Å². The van der Waals surface area contributed by atoms with E-state index in [2.05, 4.69) is 25.9 Å². The number of carbonyl (C=O) groups excluding carboxylic acids is 1. The van der Waals surface area contributed by atoms with Gasteiger partial charge >= 0.3 is 0 Å². The van der Waals surface area contributed by atoms with Gasteiger partial charge in [-0.25, -0.2) is 0 Å². The van der Waals surface area contributed by atoms with Crippen LogP contribution in [0.5, 0.6) is 5.75 Å². The van der Waals surface area contributed by atoms with E-state index in [9.17, 15) is 9.90 Å². The van der Waals surface area contributed by atoms with Crippen LogP contribution in [0.3, 0.4) is 0 Å². The minimum Gasteiger partial charge on any atom is -0.507 e. The zero-order valence-electron chi connectivity index (χ0n) is 14.9. The number of amides is 1. The molecule has 26 heavy (non-hydrogen) atoms. The maximum absolute atomic E-state index is 12.0. The Balaban J connectivity index is 1.74. The molecule has 0 fully saturated rings. The van der Waals surface area contributed by atoms with Crippen LogP contribution in [0.2, 0.25) is 0 Å². The number of pyridine rings is 1. The summed E-state index contributed by atoms with van der Waals surface area (Å²) in [4.78, 5) is 20.8. The highest BCUT2D eigenvalue weighted by atomic mass is 16.3. The van der Waals surface area contributed by atoms with Gasteiger partial charge in [-0.2, -0.15) is 0 Å². The summed E-state index contributed by atoms with van der Waals surface area (Å²) in [6, 6.07) is 12.3. The van der Waals surface area contributed by atoms with Crippen molar-refractivity contribution in [3.63, 3.8) is 0 Å². The summed E-state index contributed by atoms with van der Waals surface area (Å²) in [7, 11) is 0. The van der Waals surface area contributed by atoms with Gasteiger partial charge in [-0.3, -0.25) is 14.8 Å². The second kappa shape index (κ2) is 10.7. The van der Waals surface area contributed by atoms with Gasteiger partial charge in [0.1, 0.15) is 5.75 Å². The van der Waals surface area contributed by atoms with E-state index in [1.54, 1.807) is 24.4 Å². The maximum atomic E-state index is 12.0. The van der Waals surface area contributed by atoms with Gasteiger partial charge in [0.2, 0.25) is 0 Å². The molecule has 0 spiro atoms. The molecule has 4 N–H and O–H groups in total. The van der Waals surface area contributed by atoms with E-state index in [4.69, 9.17) is 0 Å². The Kier molecular flexibility index (Phi) is 7.92. The molecule has 1 amide bonds. The molecule has 0 atom stereocenters. The molecule has 7 heteroatoms. The Bertz CT molecular complexity index is 719. The van der Waals surface area contributed by atoms with Crippen LogP contribution in [-0.4, -0.2) is 48.1 Å². The van der Waals surface area contributed by atoms with Gasteiger partial charge < -0.3 is 21.1 Å². The highest BCUT2D eigenvalue weighted by Crippen LogP contribution is 2.14.